The maximum Gasteiger partial charge on any atom is 0.234 e. The van der Waals surface area contributed by atoms with Gasteiger partial charge < -0.3 is 10.2 Å². The quantitative estimate of drug-likeness (QED) is 0.493. The van der Waals surface area contributed by atoms with Crippen LogP contribution < -0.4 is 5.32 Å². The van der Waals surface area contributed by atoms with E-state index in [2.05, 4.69) is 20.5 Å². The van der Waals surface area contributed by atoms with E-state index in [0.29, 0.717) is 10.9 Å². The van der Waals surface area contributed by atoms with Gasteiger partial charge in [-0.05, 0) is 25.0 Å². The fourth-order valence-electron chi connectivity index (χ4n) is 1.79. The average molecular weight is 349 g/mol. The van der Waals surface area contributed by atoms with Crippen LogP contribution in [0, 0.1) is 13.8 Å². The van der Waals surface area contributed by atoms with Crippen molar-refractivity contribution in [2.45, 2.75) is 18.2 Å². The largest absolute Gasteiger partial charge is 0.369 e. The zero-order valence-electron chi connectivity index (χ0n) is 13.5. The van der Waals surface area contributed by atoms with Crippen LogP contribution in [0.4, 0.5) is 10.8 Å². The van der Waals surface area contributed by atoms with Crippen molar-refractivity contribution in [3.63, 3.8) is 0 Å². The lowest BCUT2D eigenvalue weighted by molar-refractivity contribution is -0.113. The molecule has 0 atom stereocenters. The van der Waals surface area contributed by atoms with Crippen molar-refractivity contribution in [1.82, 2.24) is 15.1 Å². The summed E-state index contributed by atoms with van der Waals surface area (Å²) in [7, 11) is 3.77. The van der Waals surface area contributed by atoms with Gasteiger partial charge in [0, 0.05) is 19.8 Å². The van der Waals surface area contributed by atoms with Crippen LogP contribution in [0.1, 0.15) is 11.1 Å². The van der Waals surface area contributed by atoms with Gasteiger partial charge in [0.15, 0.2) is 4.34 Å². The Bertz CT molecular complexity index is 691. The Labute approximate surface area is 144 Å². The number of aromatic nitrogens is 2. The molecule has 1 amide bonds. The molecule has 1 N–H and O–H groups in total. The van der Waals surface area contributed by atoms with Gasteiger partial charge in [-0.1, -0.05) is 41.3 Å². The van der Waals surface area contributed by atoms with Gasteiger partial charge >= 0.3 is 0 Å². The first-order chi connectivity index (χ1) is 11.0. The maximum atomic E-state index is 12.1. The van der Waals surface area contributed by atoms with Crippen LogP contribution in [0.2, 0.25) is 0 Å². The second kappa shape index (κ2) is 8.07. The number of carbonyl (C=O) groups excluding carboxylic acids is 1. The SMILES string of the molecule is Cc1cccc(C)c1NC(=O)CSc1nnc(/N=C/N(C)C)s1. The fraction of sp³-hybridized carbons (Fsp3) is 0.333. The van der Waals surface area contributed by atoms with Crippen molar-refractivity contribution < 1.29 is 4.79 Å². The van der Waals surface area contributed by atoms with Gasteiger partial charge in [0.2, 0.25) is 11.0 Å². The minimum Gasteiger partial charge on any atom is -0.369 e. The Kier molecular flexibility index (Phi) is 6.12. The molecule has 0 aliphatic heterocycles. The predicted octanol–water partition coefficient (Wildman–Crippen LogP) is 3.11. The molecule has 2 rings (SSSR count). The maximum absolute atomic E-state index is 12.1. The summed E-state index contributed by atoms with van der Waals surface area (Å²) in [4.78, 5) is 18.1. The average Bonchev–Trinajstić information content (AvgIpc) is 2.95. The molecule has 0 fully saturated rings. The number of anilines is 1. The van der Waals surface area contributed by atoms with Gasteiger partial charge in [0.25, 0.3) is 0 Å². The summed E-state index contributed by atoms with van der Waals surface area (Å²) < 4.78 is 0.729. The molecule has 0 bridgehead atoms. The number of nitrogens with one attached hydrogen (secondary N) is 1. The van der Waals surface area contributed by atoms with E-state index in [4.69, 9.17) is 0 Å². The van der Waals surface area contributed by atoms with E-state index in [-0.39, 0.29) is 5.91 Å². The van der Waals surface area contributed by atoms with Crippen molar-refractivity contribution >= 4 is 46.2 Å². The summed E-state index contributed by atoms with van der Waals surface area (Å²) in [6, 6.07) is 5.94. The van der Waals surface area contributed by atoms with Gasteiger partial charge in [-0.15, -0.1) is 10.2 Å². The molecule has 8 heteroatoms. The Balaban J connectivity index is 1.90. The number of hydrogen-bond acceptors (Lipinski definition) is 6. The van der Waals surface area contributed by atoms with Crippen LogP contribution in [0.3, 0.4) is 0 Å². The molecule has 0 saturated carbocycles. The van der Waals surface area contributed by atoms with E-state index in [1.54, 1.807) is 6.34 Å². The van der Waals surface area contributed by atoms with E-state index in [1.807, 2.05) is 51.0 Å². The third kappa shape index (κ3) is 5.33. The first kappa shape index (κ1) is 17.4. The van der Waals surface area contributed by atoms with Gasteiger partial charge in [-0.25, -0.2) is 4.99 Å². The van der Waals surface area contributed by atoms with Crippen LogP contribution in [0.25, 0.3) is 0 Å². The van der Waals surface area contributed by atoms with Crippen LogP contribution in [0.15, 0.2) is 27.5 Å². The first-order valence-electron chi connectivity index (χ1n) is 6.98. The molecular formula is C15H19N5OS2. The highest BCUT2D eigenvalue weighted by atomic mass is 32.2. The third-order valence-corrected chi connectivity index (χ3v) is 4.83. The molecule has 0 aliphatic rings. The number of nitrogens with zero attached hydrogens (tertiary/aromatic N) is 4. The monoisotopic (exact) mass is 349 g/mol. The number of thioether (sulfide) groups is 1. The lowest BCUT2D eigenvalue weighted by atomic mass is 10.1. The normalized spacial score (nSPS) is 11.0. The number of carbonyl (C=O) groups is 1. The van der Waals surface area contributed by atoms with Crippen LogP contribution in [-0.2, 0) is 4.79 Å². The molecule has 23 heavy (non-hydrogen) atoms. The summed E-state index contributed by atoms with van der Waals surface area (Å²) in [5.74, 6) is 0.237. The third-order valence-electron chi connectivity index (χ3n) is 2.87. The number of rotatable bonds is 6. The Morgan fingerprint density at radius 3 is 2.70 bits per heavy atom. The van der Waals surface area contributed by atoms with E-state index in [0.717, 1.165) is 21.2 Å². The molecule has 6 nitrogen and oxygen atoms in total. The van der Waals surface area contributed by atoms with Crippen molar-refractivity contribution in [2.75, 3.05) is 25.2 Å². The molecule has 1 aromatic heterocycles. The Morgan fingerprint density at radius 2 is 2.04 bits per heavy atom. The van der Waals surface area contributed by atoms with Gasteiger partial charge in [-0.3, -0.25) is 4.79 Å². The summed E-state index contributed by atoms with van der Waals surface area (Å²) in [6.45, 7) is 3.96. The minimum absolute atomic E-state index is 0.0547. The van der Waals surface area contributed by atoms with Gasteiger partial charge in [0.05, 0.1) is 12.1 Å². The number of amides is 1. The summed E-state index contributed by atoms with van der Waals surface area (Å²) in [5, 5.41) is 11.5. The summed E-state index contributed by atoms with van der Waals surface area (Å²) in [6.07, 6.45) is 1.67. The molecule has 1 aromatic carbocycles. The summed E-state index contributed by atoms with van der Waals surface area (Å²) >= 11 is 2.73. The molecule has 122 valence electrons. The molecule has 0 saturated heterocycles. The molecule has 0 aliphatic carbocycles. The standard InChI is InChI=1S/C15H19N5OS2/c1-10-6-5-7-11(2)13(10)17-12(21)8-22-15-19-18-14(23-15)16-9-20(3)4/h5-7,9H,8H2,1-4H3,(H,17,21)/b16-9+. The zero-order valence-corrected chi connectivity index (χ0v) is 15.2. The highest BCUT2D eigenvalue weighted by Crippen LogP contribution is 2.27. The number of benzene rings is 1. The topological polar surface area (TPSA) is 70.5 Å². The van der Waals surface area contributed by atoms with Crippen molar-refractivity contribution in [3.05, 3.63) is 29.3 Å². The van der Waals surface area contributed by atoms with Crippen LogP contribution in [-0.4, -0.2) is 47.2 Å². The van der Waals surface area contributed by atoms with Crippen molar-refractivity contribution in [1.29, 1.82) is 0 Å². The Morgan fingerprint density at radius 1 is 1.35 bits per heavy atom. The predicted molar refractivity (Wildman–Crippen MR) is 97.0 cm³/mol. The van der Waals surface area contributed by atoms with Crippen molar-refractivity contribution in [2.24, 2.45) is 4.99 Å². The lowest BCUT2D eigenvalue weighted by Crippen LogP contribution is -2.15. The van der Waals surface area contributed by atoms with Gasteiger partial charge in [0.1, 0.15) is 0 Å². The number of aryl methyl sites for hydroxylation is 2. The fourth-order valence-corrected chi connectivity index (χ4v) is 3.27. The smallest absolute Gasteiger partial charge is 0.234 e. The second-order valence-electron chi connectivity index (χ2n) is 5.16. The van der Waals surface area contributed by atoms with E-state index >= 15 is 0 Å². The number of aliphatic imine (C=N–C) groups is 1. The van der Waals surface area contributed by atoms with Crippen LogP contribution in [0.5, 0.6) is 0 Å². The first-order valence-corrected chi connectivity index (χ1v) is 8.79. The number of para-hydroxylation sites is 1. The minimum atomic E-state index is -0.0547. The highest BCUT2D eigenvalue weighted by Gasteiger charge is 2.10. The highest BCUT2D eigenvalue weighted by molar-refractivity contribution is 8.01. The molecule has 1 heterocycles. The second-order valence-corrected chi connectivity index (χ2v) is 7.34. The number of hydrogen-bond donors (Lipinski definition) is 1. The van der Waals surface area contributed by atoms with E-state index in [9.17, 15) is 4.79 Å². The molecule has 0 unspecified atom stereocenters. The zero-order chi connectivity index (χ0) is 16.8. The molecular weight excluding hydrogens is 330 g/mol. The molecule has 0 spiro atoms. The molecule has 2 aromatic rings. The van der Waals surface area contributed by atoms with Crippen molar-refractivity contribution in [3.8, 4) is 0 Å². The van der Waals surface area contributed by atoms with Gasteiger partial charge in [-0.2, -0.15) is 0 Å². The molecule has 0 radical (unpaired) electrons. The van der Waals surface area contributed by atoms with Crippen LogP contribution >= 0.6 is 23.1 Å². The summed E-state index contributed by atoms with van der Waals surface area (Å²) in [5.41, 5.74) is 2.99. The lowest BCUT2D eigenvalue weighted by Gasteiger charge is -2.10. The van der Waals surface area contributed by atoms with E-state index < -0.39 is 0 Å². The Hall–Kier alpha value is -1.93. The van der Waals surface area contributed by atoms with E-state index in [1.165, 1.54) is 23.1 Å².